The van der Waals surface area contributed by atoms with Crippen LogP contribution < -0.4 is 14.5 Å². The van der Waals surface area contributed by atoms with Gasteiger partial charge in [-0.15, -0.1) is 0 Å². The molecule has 0 bridgehead atoms. The summed E-state index contributed by atoms with van der Waals surface area (Å²) in [6.45, 7) is 9.50. The SMILES string of the molecule is COc1ccc(C)cc1N(CC(=O)N/N=C\c1cc(C)n(-c2ccc(C)cc2C)c1C)S(=O)(=O)c1ccccc1. The largest absolute Gasteiger partial charge is 0.495 e. The number of benzene rings is 3. The van der Waals surface area contributed by atoms with E-state index in [2.05, 4.69) is 47.1 Å². The average Bonchev–Trinajstić information content (AvgIpc) is 3.20. The van der Waals surface area contributed by atoms with Crippen LogP contribution in [0.15, 0.2) is 82.8 Å². The van der Waals surface area contributed by atoms with Gasteiger partial charge < -0.3 is 9.30 Å². The van der Waals surface area contributed by atoms with Crippen LogP contribution in [0.25, 0.3) is 5.69 Å². The highest BCUT2D eigenvalue weighted by Crippen LogP contribution is 2.33. The maximum Gasteiger partial charge on any atom is 0.264 e. The minimum Gasteiger partial charge on any atom is -0.495 e. The van der Waals surface area contributed by atoms with Crippen molar-refractivity contribution in [2.45, 2.75) is 39.5 Å². The van der Waals surface area contributed by atoms with Crippen LogP contribution in [-0.4, -0.2) is 38.8 Å². The second kappa shape index (κ2) is 11.8. The fourth-order valence-corrected chi connectivity index (χ4v) is 6.14. The van der Waals surface area contributed by atoms with Crippen LogP contribution in [-0.2, 0) is 14.8 Å². The number of nitrogens with zero attached hydrogens (tertiary/aromatic N) is 3. The molecule has 1 heterocycles. The summed E-state index contributed by atoms with van der Waals surface area (Å²) in [6, 6.07) is 21.5. The topological polar surface area (TPSA) is 93.0 Å². The van der Waals surface area contributed by atoms with Gasteiger partial charge in [0, 0.05) is 22.6 Å². The molecule has 8 nitrogen and oxygen atoms in total. The zero-order chi connectivity index (χ0) is 29.0. The Morgan fingerprint density at radius 1 is 0.950 bits per heavy atom. The Balaban J connectivity index is 1.60. The van der Waals surface area contributed by atoms with Gasteiger partial charge in [-0.1, -0.05) is 42.0 Å². The van der Waals surface area contributed by atoms with Gasteiger partial charge in [0.1, 0.15) is 12.3 Å². The van der Waals surface area contributed by atoms with Crippen molar-refractivity contribution >= 4 is 27.8 Å². The van der Waals surface area contributed by atoms with Gasteiger partial charge in [0.2, 0.25) is 0 Å². The molecule has 0 aliphatic heterocycles. The number of hydrogen-bond donors (Lipinski definition) is 1. The lowest BCUT2D eigenvalue weighted by atomic mass is 10.1. The van der Waals surface area contributed by atoms with Crippen LogP contribution in [0, 0.1) is 34.6 Å². The Labute approximate surface area is 236 Å². The number of ether oxygens (including phenoxy) is 1. The molecule has 3 aromatic carbocycles. The number of hydrazone groups is 1. The quantitative estimate of drug-likeness (QED) is 0.221. The Morgan fingerprint density at radius 3 is 2.30 bits per heavy atom. The summed E-state index contributed by atoms with van der Waals surface area (Å²) in [6.07, 6.45) is 1.57. The van der Waals surface area contributed by atoms with Gasteiger partial charge in [-0.2, -0.15) is 5.10 Å². The zero-order valence-electron chi connectivity index (χ0n) is 23.6. The maximum atomic E-state index is 13.7. The predicted molar refractivity (Wildman–Crippen MR) is 159 cm³/mol. The van der Waals surface area contributed by atoms with Crippen LogP contribution in [0.2, 0.25) is 0 Å². The van der Waals surface area contributed by atoms with Crippen molar-refractivity contribution in [1.29, 1.82) is 0 Å². The molecule has 0 fully saturated rings. The van der Waals surface area contributed by atoms with Crippen LogP contribution in [0.3, 0.4) is 0 Å². The Morgan fingerprint density at radius 2 is 1.62 bits per heavy atom. The van der Waals surface area contributed by atoms with E-state index in [1.165, 1.54) is 24.8 Å². The molecule has 0 saturated carbocycles. The van der Waals surface area contributed by atoms with E-state index in [-0.39, 0.29) is 10.6 Å². The molecule has 208 valence electrons. The highest BCUT2D eigenvalue weighted by Gasteiger charge is 2.29. The molecule has 1 aromatic heterocycles. The number of anilines is 1. The summed E-state index contributed by atoms with van der Waals surface area (Å²) in [4.78, 5) is 13.1. The fourth-order valence-electron chi connectivity index (χ4n) is 4.70. The molecule has 0 radical (unpaired) electrons. The van der Waals surface area contributed by atoms with Crippen molar-refractivity contribution in [2.24, 2.45) is 5.10 Å². The van der Waals surface area contributed by atoms with Crippen molar-refractivity contribution in [3.05, 3.63) is 106 Å². The third kappa shape index (κ3) is 5.94. The first-order chi connectivity index (χ1) is 19.0. The molecule has 0 aliphatic rings. The highest BCUT2D eigenvalue weighted by atomic mass is 32.2. The summed E-state index contributed by atoms with van der Waals surface area (Å²) in [5.41, 5.74) is 9.86. The van der Waals surface area contributed by atoms with Crippen molar-refractivity contribution in [3.8, 4) is 11.4 Å². The van der Waals surface area contributed by atoms with Gasteiger partial charge >= 0.3 is 0 Å². The van der Waals surface area contributed by atoms with Crippen molar-refractivity contribution in [3.63, 3.8) is 0 Å². The van der Waals surface area contributed by atoms with E-state index in [9.17, 15) is 13.2 Å². The average molecular weight is 559 g/mol. The van der Waals surface area contributed by atoms with E-state index < -0.39 is 22.5 Å². The molecule has 0 atom stereocenters. The molecule has 0 unspecified atom stereocenters. The highest BCUT2D eigenvalue weighted by molar-refractivity contribution is 7.92. The summed E-state index contributed by atoms with van der Waals surface area (Å²) in [5.74, 6) is -0.261. The first-order valence-electron chi connectivity index (χ1n) is 12.8. The van der Waals surface area contributed by atoms with Gasteiger partial charge in [0.05, 0.1) is 23.9 Å². The first-order valence-corrected chi connectivity index (χ1v) is 14.3. The van der Waals surface area contributed by atoms with Crippen molar-refractivity contribution in [2.75, 3.05) is 18.0 Å². The maximum absolute atomic E-state index is 13.7. The molecule has 1 amide bonds. The first kappa shape index (κ1) is 28.6. The Kier molecular flexibility index (Phi) is 8.44. The molecule has 4 rings (SSSR count). The lowest BCUT2D eigenvalue weighted by molar-refractivity contribution is -0.119. The van der Waals surface area contributed by atoms with Crippen LogP contribution in [0.5, 0.6) is 5.75 Å². The molecule has 0 saturated heterocycles. The van der Waals surface area contributed by atoms with E-state index in [0.29, 0.717) is 5.75 Å². The van der Waals surface area contributed by atoms with Gasteiger partial charge in [-0.25, -0.2) is 13.8 Å². The van der Waals surface area contributed by atoms with E-state index in [0.717, 1.165) is 38.1 Å². The zero-order valence-corrected chi connectivity index (χ0v) is 24.4. The summed E-state index contributed by atoms with van der Waals surface area (Å²) < 4.78 is 36.0. The Bertz CT molecular complexity index is 1680. The number of sulfonamides is 1. The monoisotopic (exact) mass is 558 g/mol. The molecular formula is C31H34N4O4S. The van der Waals surface area contributed by atoms with Gasteiger partial charge in [-0.3, -0.25) is 9.10 Å². The van der Waals surface area contributed by atoms with E-state index >= 15 is 0 Å². The molecule has 0 spiro atoms. The molecular weight excluding hydrogens is 524 g/mol. The summed E-state index contributed by atoms with van der Waals surface area (Å²) >= 11 is 0. The summed E-state index contributed by atoms with van der Waals surface area (Å²) in [7, 11) is -2.63. The van der Waals surface area contributed by atoms with Crippen molar-refractivity contribution in [1.82, 2.24) is 9.99 Å². The lowest BCUT2D eigenvalue weighted by Gasteiger charge is -2.25. The number of carbonyl (C=O) groups excluding carboxylic acids is 1. The van der Waals surface area contributed by atoms with Crippen molar-refractivity contribution < 1.29 is 17.9 Å². The number of rotatable bonds is 9. The molecule has 0 aliphatic carbocycles. The normalized spacial score (nSPS) is 11.6. The standard InChI is InChI=1S/C31H34N4O4S/c1-21-12-14-28(23(3)16-21)35-24(4)18-26(25(35)5)19-32-33-31(36)20-34(29-17-22(2)13-15-30(29)39-6)40(37,38)27-10-8-7-9-11-27/h7-19H,20H2,1-6H3,(H,33,36)/b32-19-. The lowest BCUT2D eigenvalue weighted by Crippen LogP contribution is -2.39. The van der Waals surface area contributed by atoms with E-state index in [1.807, 2.05) is 32.9 Å². The number of carbonyl (C=O) groups is 1. The van der Waals surface area contributed by atoms with E-state index in [4.69, 9.17) is 4.74 Å². The molecule has 4 aromatic rings. The fraction of sp³-hybridized carbons (Fsp3) is 0.226. The second-order valence-corrected chi connectivity index (χ2v) is 11.6. The minimum absolute atomic E-state index is 0.0636. The van der Waals surface area contributed by atoms with Gasteiger partial charge in [0.25, 0.3) is 15.9 Å². The number of aromatic nitrogens is 1. The smallest absolute Gasteiger partial charge is 0.264 e. The summed E-state index contributed by atoms with van der Waals surface area (Å²) in [5, 5.41) is 4.16. The van der Waals surface area contributed by atoms with Crippen LogP contribution >= 0.6 is 0 Å². The number of amides is 1. The van der Waals surface area contributed by atoms with Crippen LogP contribution in [0.4, 0.5) is 5.69 Å². The third-order valence-electron chi connectivity index (χ3n) is 6.68. The molecule has 1 N–H and O–H groups in total. The molecule has 40 heavy (non-hydrogen) atoms. The van der Waals surface area contributed by atoms with Crippen LogP contribution in [0.1, 0.15) is 33.6 Å². The predicted octanol–water partition coefficient (Wildman–Crippen LogP) is 5.37. The van der Waals surface area contributed by atoms with Gasteiger partial charge in [0.15, 0.2) is 0 Å². The second-order valence-electron chi connectivity index (χ2n) is 9.75. The van der Waals surface area contributed by atoms with Gasteiger partial charge in [-0.05, 0) is 82.1 Å². The number of nitrogens with one attached hydrogen (secondary N) is 1. The number of methoxy groups -OCH3 is 1. The number of hydrogen-bond acceptors (Lipinski definition) is 5. The Hall–Kier alpha value is -4.37. The third-order valence-corrected chi connectivity index (χ3v) is 8.45. The minimum atomic E-state index is -4.09. The van der Waals surface area contributed by atoms with E-state index in [1.54, 1.807) is 36.5 Å². The number of aryl methyl sites for hydroxylation is 4. The molecule has 9 heteroatoms.